The second kappa shape index (κ2) is 9.60. The molecule has 0 unspecified atom stereocenters. The maximum atomic E-state index is 13.3. The van der Waals surface area contributed by atoms with Crippen molar-refractivity contribution >= 4 is 29.3 Å². The van der Waals surface area contributed by atoms with Crippen LogP contribution in [0.2, 0.25) is 0 Å². The number of carbonyl (C=O) groups is 2. The van der Waals surface area contributed by atoms with Crippen LogP contribution in [-0.4, -0.2) is 33.1 Å². The molecule has 3 aromatic rings. The zero-order valence-corrected chi connectivity index (χ0v) is 18.3. The average Bonchev–Trinajstić information content (AvgIpc) is 3.45. The first-order chi connectivity index (χ1) is 16.0. The number of nitrogens with one attached hydrogen (secondary N) is 1. The first-order valence-corrected chi connectivity index (χ1v) is 10.7. The van der Waals surface area contributed by atoms with Gasteiger partial charge < -0.3 is 5.32 Å². The highest BCUT2D eigenvalue weighted by Crippen LogP contribution is 2.24. The molecule has 0 aliphatic carbocycles. The van der Waals surface area contributed by atoms with E-state index in [4.69, 9.17) is 0 Å². The summed E-state index contributed by atoms with van der Waals surface area (Å²) in [5.41, 5.74) is 3.18. The molecule has 1 aliphatic heterocycles. The van der Waals surface area contributed by atoms with Crippen molar-refractivity contribution in [1.82, 2.24) is 20.1 Å². The van der Waals surface area contributed by atoms with Crippen molar-refractivity contribution in [1.29, 1.82) is 0 Å². The van der Waals surface area contributed by atoms with Crippen LogP contribution in [0.15, 0.2) is 61.4 Å². The SMILES string of the molecule is C=Cc1c(/C(=C\C)C(=O)NCc2ccc(N3CCCC3=O)nc2)cnn1-c1ccc(F)cc1. The van der Waals surface area contributed by atoms with Crippen LogP contribution >= 0.6 is 0 Å². The standard InChI is InChI=1S/C25H24FN5O2/c1-3-20(21-16-29-31(22(21)4-2)19-10-8-18(26)9-11-19)25(33)28-15-17-7-12-23(27-14-17)30-13-5-6-24(30)32/h3-4,7-12,14,16H,2,5-6,13,15H2,1H3,(H,28,33)/b20-3+. The van der Waals surface area contributed by atoms with Gasteiger partial charge in [0.05, 0.1) is 17.6 Å². The van der Waals surface area contributed by atoms with E-state index in [9.17, 15) is 14.0 Å². The van der Waals surface area contributed by atoms with Crippen LogP contribution in [0.1, 0.15) is 36.6 Å². The number of pyridine rings is 1. The van der Waals surface area contributed by atoms with Crippen molar-refractivity contribution in [2.24, 2.45) is 0 Å². The summed E-state index contributed by atoms with van der Waals surface area (Å²) in [6.45, 7) is 6.60. The lowest BCUT2D eigenvalue weighted by Gasteiger charge is -2.14. The summed E-state index contributed by atoms with van der Waals surface area (Å²) in [4.78, 5) is 30.9. The second-order valence-electron chi connectivity index (χ2n) is 7.59. The van der Waals surface area contributed by atoms with E-state index in [2.05, 4.69) is 22.0 Å². The molecule has 0 bridgehead atoms. The van der Waals surface area contributed by atoms with Crippen molar-refractivity contribution in [2.45, 2.75) is 26.3 Å². The predicted octanol–water partition coefficient (Wildman–Crippen LogP) is 3.90. The number of rotatable bonds is 7. The van der Waals surface area contributed by atoms with E-state index in [1.165, 1.54) is 12.1 Å². The summed E-state index contributed by atoms with van der Waals surface area (Å²) >= 11 is 0. The van der Waals surface area contributed by atoms with Crippen LogP contribution in [0.5, 0.6) is 0 Å². The molecule has 33 heavy (non-hydrogen) atoms. The number of anilines is 1. The third kappa shape index (κ3) is 4.59. The van der Waals surface area contributed by atoms with Crippen LogP contribution in [0.3, 0.4) is 0 Å². The molecular formula is C25H24FN5O2. The lowest BCUT2D eigenvalue weighted by molar-refractivity contribution is -0.117. The summed E-state index contributed by atoms with van der Waals surface area (Å²) in [5.74, 6) is 0.110. The van der Waals surface area contributed by atoms with E-state index < -0.39 is 0 Å². The molecule has 7 nitrogen and oxygen atoms in total. The number of nitrogens with zero attached hydrogens (tertiary/aromatic N) is 4. The lowest BCUT2D eigenvalue weighted by atomic mass is 10.1. The van der Waals surface area contributed by atoms with Crippen molar-refractivity contribution in [3.8, 4) is 5.69 Å². The predicted molar refractivity (Wildman–Crippen MR) is 125 cm³/mol. The highest BCUT2D eigenvalue weighted by Gasteiger charge is 2.22. The highest BCUT2D eigenvalue weighted by atomic mass is 19.1. The molecule has 1 aliphatic rings. The molecule has 2 amide bonds. The zero-order chi connectivity index (χ0) is 23.4. The number of halogens is 1. The molecule has 1 N–H and O–H groups in total. The van der Waals surface area contributed by atoms with Crippen LogP contribution in [-0.2, 0) is 16.1 Å². The van der Waals surface area contributed by atoms with E-state index in [0.717, 1.165) is 12.0 Å². The monoisotopic (exact) mass is 445 g/mol. The number of hydrogen-bond acceptors (Lipinski definition) is 4. The Morgan fingerprint density at radius 3 is 2.61 bits per heavy atom. The molecule has 168 valence electrons. The zero-order valence-electron chi connectivity index (χ0n) is 18.3. The van der Waals surface area contributed by atoms with E-state index in [-0.39, 0.29) is 24.2 Å². The van der Waals surface area contributed by atoms with E-state index in [1.807, 2.05) is 6.07 Å². The van der Waals surface area contributed by atoms with Gasteiger partial charge in [-0.3, -0.25) is 14.5 Å². The molecule has 0 spiro atoms. The first kappa shape index (κ1) is 22.1. The minimum absolute atomic E-state index is 0.0838. The first-order valence-electron chi connectivity index (χ1n) is 10.7. The van der Waals surface area contributed by atoms with Gasteiger partial charge in [0, 0.05) is 36.8 Å². The number of benzene rings is 1. The van der Waals surface area contributed by atoms with E-state index >= 15 is 0 Å². The van der Waals surface area contributed by atoms with Gasteiger partial charge in [-0.1, -0.05) is 18.7 Å². The number of hydrogen-bond donors (Lipinski definition) is 1. The second-order valence-corrected chi connectivity index (χ2v) is 7.59. The summed E-state index contributed by atoms with van der Waals surface area (Å²) in [6, 6.07) is 9.58. The van der Waals surface area contributed by atoms with Gasteiger partial charge in [-0.25, -0.2) is 14.1 Å². The van der Waals surface area contributed by atoms with Crippen LogP contribution < -0.4 is 10.2 Å². The number of amides is 2. The normalized spacial score (nSPS) is 13.9. The third-order valence-electron chi connectivity index (χ3n) is 5.51. The molecule has 1 aromatic carbocycles. The Labute approximate surface area is 191 Å². The Hall–Kier alpha value is -4.07. The fourth-order valence-electron chi connectivity index (χ4n) is 3.81. The Balaban J connectivity index is 1.47. The lowest BCUT2D eigenvalue weighted by Crippen LogP contribution is -2.25. The summed E-state index contributed by atoms with van der Waals surface area (Å²) in [6.07, 6.45) is 7.99. The molecule has 4 rings (SSSR count). The average molecular weight is 445 g/mol. The van der Waals surface area contributed by atoms with E-state index in [0.29, 0.717) is 41.3 Å². The van der Waals surface area contributed by atoms with Crippen molar-refractivity contribution in [2.75, 3.05) is 11.4 Å². The molecule has 8 heteroatoms. The van der Waals surface area contributed by atoms with Crippen LogP contribution in [0.25, 0.3) is 17.3 Å². The summed E-state index contributed by atoms with van der Waals surface area (Å²) in [7, 11) is 0. The number of carbonyl (C=O) groups excluding carboxylic acids is 2. The van der Waals surface area contributed by atoms with Gasteiger partial charge in [0.15, 0.2) is 0 Å². The molecule has 1 saturated heterocycles. The fraction of sp³-hybridized carbons (Fsp3) is 0.200. The quantitative estimate of drug-likeness (QED) is 0.560. The fourth-order valence-corrected chi connectivity index (χ4v) is 3.81. The smallest absolute Gasteiger partial charge is 0.251 e. The van der Waals surface area contributed by atoms with Gasteiger partial charge in [0.1, 0.15) is 11.6 Å². The molecular weight excluding hydrogens is 421 g/mol. The maximum absolute atomic E-state index is 13.3. The summed E-state index contributed by atoms with van der Waals surface area (Å²) in [5, 5.41) is 7.28. The molecule has 2 aromatic heterocycles. The molecule has 1 fully saturated rings. The van der Waals surface area contributed by atoms with Crippen molar-refractivity contribution in [3.05, 3.63) is 84.1 Å². The van der Waals surface area contributed by atoms with Crippen LogP contribution in [0.4, 0.5) is 10.2 Å². The molecule has 3 heterocycles. The Morgan fingerprint density at radius 1 is 1.21 bits per heavy atom. The highest BCUT2D eigenvalue weighted by molar-refractivity contribution is 6.20. The Kier molecular flexibility index (Phi) is 6.44. The van der Waals surface area contributed by atoms with Gasteiger partial charge in [-0.05, 0) is 55.3 Å². The van der Waals surface area contributed by atoms with Gasteiger partial charge in [0.25, 0.3) is 5.91 Å². The van der Waals surface area contributed by atoms with Crippen molar-refractivity contribution < 1.29 is 14.0 Å². The number of aromatic nitrogens is 3. The Morgan fingerprint density at radius 2 is 2.00 bits per heavy atom. The van der Waals surface area contributed by atoms with Gasteiger partial charge >= 0.3 is 0 Å². The van der Waals surface area contributed by atoms with Gasteiger partial charge in [-0.2, -0.15) is 5.10 Å². The van der Waals surface area contributed by atoms with E-state index in [1.54, 1.807) is 59.3 Å². The van der Waals surface area contributed by atoms with Crippen LogP contribution in [0, 0.1) is 5.82 Å². The number of allylic oxidation sites excluding steroid dienone is 1. The summed E-state index contributed by atoms with van der Waals surface area (Å²) < 4.78 is 14.9. The molecule has 0 saturated carbocycles. The maximum Gasteiger partial charge on any atom is 0.251 e. The molecule has 0 radical (unpaired) electrons. The molecule has 0 atom stereocenters. The minimum atomic E-state index is -0.339. The Bertz CT molecular complexity index is 1210. The minimum Gasteiger partial charge on any atom is -0.348 e. The third-order valence-corrected chi connectivity index (χ3v) is 5.51. The van der Waals surface area contributed by atoms with Crippen molar-refractivity contribution in [3.63, 3.8) is 0 Å². The largest absolute Gasteiger partial charge is 0.348 e. The van der Waals surface area contributed by atoms with Gasteiger partial charge in [-0.15, -0.1) is 0 Å². The topological polar surface area (TPSA) is 80.1 Å². The van der Waals surface area contributed by atoms with Gasteiger partial charge in [0.2, 0.25) is 5.91 Å².